The Labute approximate surface area is 303 Å². The van der Waals surface area contributed by atoms with Crippen molar-refractivity contribution in [3.63, 3.8) is 0 Å². The molecular weight excluding hydrogens is 631 g/mol. The number of aliphatic hydroxyl groups is 1. The lowest BCUT2D eigenvalue weighted by Crippen LogP contribution is -2.47. The largest absolute Gasteiger partial charge is 0.391 e. The summed E-state index contributed by atoms with van der Waals surface area (Å²) in [5.41, 5.74) is 0. The van der Waals surface area contributed by atoms with Gasteiger partial charge in [-0.25, -0.2) is 0 Å². The normalized spacial score (nSPS) is 13.8. The lowest BCUT2D eigenvalue weighted by atomic mass is 10.0. The van der Waals surface area contributed by atoms with E-state index in [4.69, 9.17) is 0 Å². The number of rotatable bonds is 36. The van der Waals surface area contributed by atoms with Crippen molar-refractivity contribution in [3.8, 4) is 0 Å². The zero-order valence-electron chi connectivity index (χ0n) is 31.8. The maximum atomic E-state index is 12.5. The molecule has 0 rings (SSSR count). The molecule has 1 amide bonds. The molecule has 0 aromatic carbocycles. The highest BCUT2D eigenvalue weighted by molar-refractivity contribution is 7.85. The molecule has 0 aromatic rings. The first-order chi connectivity index (χ1) is 23.8. The minimum Gasteiger partial charge on any atom is -0.391 e. The van der Waals surface area contributed by atoms with Gasteiger partial charge in [0.2, 0.25) is 5.91 Å². The zero-order valence-corrected chi connectivity index (χ0v) is 32.6. The zero-order chi connectivity index (χ0) is 36.1. The summed E-state index contributed by atoms with van der Waals surface area (Å²) in [6, 6.07) is -0.975. The van der Waals surface area contributed by atoms with E-state index in [0.29, 0.717) is 12.8 Å². The smallest absolute Gasteiger partial charge is 0.266 e. The highest BCUT2D eigenvalue weighted by Crippen LogP contribution is 2.15. The average Bonchev–Trinajstić information content (AvgIpc) is 3.06. The Morgan fingerprint density at radius 1 is 0.571 bits per heavy atom. The van der Waals surface area contributed by atoms with Gasteiger partial charge in [-0.3, -0.25) is 9.35 Å². The Balaban J connectivity index is 3.88. The molecule has 2 unspecified atom stereocenters. The summed E-state index contributed by atoms with van der Waals surface area (Å²) < 4.78 is 32.5. The third-order valence-electron chi connectivity index (χ3n) is 9.05. The van der Waals surface area contributed by atoms with E-state index < -0.39 is 28.0 Å². The number of unbranched alkanes of at least 4 members (excludes halogenated alkanes) is 20. The molecular formula is C42H77NO5S. The van der Waals surface area contributed by atoms with Gasteiger partial charge in [0, 0.05) is 6.42 Å². The van der Waals surface area contributed by atoms with Gasteiger partial charge in [0.1, 0.15) is 0 Å². The lowest BCUT2D eigenvalue weighted by molar-refractivity contribution is -0.122. The van der Waals surface area contributed by atoms with Crippen LogP contribution in [-0.2, 0) is 14.9 Å². The molecule has 0 radical (unpaired) electrons. The van der Waals surface area contributed by atoms with Crippen LogP contribution in [0.2, 0.25) is 0 Å². The fourth-order valence-corrected chi connectivity index (χ4v) is 6.79. The molecule has 0 saturated heterocycles. The predicted molar refractivity (Wildman–Crippen MR) is 212 cm³/mol. The predicted octanol–water partition coefficient (Wildman–Crippen LogP) is 11.9. The number of carbonyl (C=O) groups excluding carboxylic acids is 1. The van der Waals surface area contributed by atoms with Crippen LogP contribution in [0.3, 0.4) is 0 Å². The molecule has 2 atom stereocenters. The van der Waals surface area contributed by atoms with Crippen LogP contribution in [0, 0.1) is 0 Å². The number of hydrogen-bond acceptors (Lipinski definition) is 4. The second kappa shape index (κ2) is 36.1. The van der Waals surface area contributed by atoms with Crippen LogP contribution >= 0.6 is 0 Å². The van der Waals surface area contributed by atoms with Gasteiger partial charge in [-0.2, -0.15) is 8.42 Å². The van der Waals surface area contributed by atoms with Crippen molar-refractivity contribution in [2.45, 2.75) is 206 Å². The van der Waals surface area contributed by atoms with Gasteiger partial charge < -0.3 is 10.4 Å². The summed E-state index contributed by atoms with van der Waals surface area (Å²) in [6.07, 6.45) is 47.7. The van der Waals surface area contributed by atoms with Crippen LogP contribution in [0.4, 0.5) is 0 Å². The van der Waals surface area contributed by atoms with Gasteiger partial charge in [-0.1, -0.05) is 184 Å². The van der Waals surface area contributed by atoms with Crippen molar-refractivity contribution in [3.05, 3.63) is 48.6 Å². The molecule has 0 aliphatic rings. The Hall–Kier alpha value is -1.70. The molecule has 0 heterocycles. The van der Waals surface area contributed by atoms with Crippen molar-refractivity contribution in [2.75, 3.05) is 5.75 Å². The Kier molecular flexibility index (Phi) is 34.9. The number of amides is 1. The monoisotopic (exact) mass is 708 g/mol. The number of allylic oxidation sites excluding steroid dienone is 8. The number of carbonyl (C=O) groups is 1. The van der Waals surface area contributed by atoms with Crippen molar-refractivity contribution in [1.82, 2.24) is 5.32 Å². The molecule has 0 spiro atoms. The molecule has 3 N–H and O–H groups in total. The van der Waals surface area contributed by atoms with Crippen molar-refractivity contribution < 1.29 is 22.9 Å². The van der Waals surface area contributed by atoms with Crippen molar-refractivity contribution >= 4 is 16.0 Å². The molecule has 7 heteroatoms. The van der Waals surface area contributed by atoms with Crippen LogP contribution in [-0.4, -0.2) is 41.9 Å². The second-order valence-corrected chi connectivity index (χ2v) is 15.4. The number of nitrogens with one attached hydrogen (secondary N) is 1. The topological polar surface area (TPSA) is 104 Å². The van der Waals surface area contributed by atoms with Gasteiger partial charge in [0.25, 0.3) is 10.1 Å². The van der Waals surface area contributed by atoms with Crippen molar-refractivity contribution in [2.24, 2.45) is 0 Å². The molecule has 49 heavy (non-hydrogen) atoms. The van der Waals surface area contributed by atoms with Crippen LogP contribution in [0.5, 0.6) is 0 Å². The number of aliphatic hydroxyl groups excluding tert-OH is 1. The van der Waals surface area contributed by atoms with E-state index in [2.05, 4.69) is 67.8 Å². The summed E-state index contributed by atoms with van der Waals surface area (Å²) in [4.78, 5) is 12.5. The molecule has 0 saturated carbocycles. The maximum absolute atomic E-state index is 12.5. The molecule has 0 aliphatic carbocycles. The van der Waals surface area contributed by atoms with Crippen LogP contribution in [0.25, 0.3) is 0 Å². The van der Waals surface area contributed by atoms with Crippen LogP contribution < -0.4 is 5.32 Å². The third-order valence-corrected chi connectivity index (χ3v) is 9.83. The first-order valence-corrected chi connectivity index (χ1v) is 21.9. The molecule has 0 fully saturated rings. The fourth-order valence-electron chi connectivity index (χ4n) is 6.03. The van der Waals surface area contributed by atoms with Crippen molar-refractivity contribution in [1.29, 1.82) is 0 Å². The van der Waals surface area contributed by atoms with Gasteiger partial charge >= 0.3 is 0 Å². The third kappa shape index (κ3) is 37.4. The first kappa shape index (κ1) is 47.3. The maximum Gasteiger partial charge on any atom is 0.266 e. The summed E-state index contributed by atoms with van der Waals surface area (Å²) >= 11 is 0. The molecule has 0 bridgehead atoms. The fraction of sp³-hybridized carbons (Fsp3) is 0.786. The minimum atomic E-state index is -4.31. The Morgan fingerprint density at radius 2 is 0.980 bits per heavy atom. The highest BCUT2D eigenvalue weighted by Gasteiger charge is 2.26. The first-order valence-electron chi connectivity index (χ1n) is 20.3. The van der Waals surface area contributed by atoms with E-state index in [1.54, 1.807) is 0 Å². The van der Waals surface area contributed by atoms with Crippen LogP contribution in [0.15, 0.2) is 48.6 Å². The lowest BCUT2D eigenvalue weighted by Gasteiger charge is -2.23. The average molecular weight is 708 g/mol. The summed E-state index contributed by atoms with van der Waals surface area (Å²) in [7, 11) is -4.31. The van der Waals surface area contributed by atoms with E-state index in [1.807, 2.05) is 0 Å². The van der Waals surface area contributed by atoms with E-state index in [-0.39, 0.29) is 5.91 Å². The van der Waals surface area contributed by atoms with E-state index in [9.17, 15) is 22.9 Å². The van der Waals surface area contributed by atoms with E-state index in [0.717, 1.165) is 77.0 Å². The molecule has 286 valence electrons. The highest BCUT2D eigenvalue weighted by atomic mass is 32.2. The van der Waals surface area contributed by atoms with E-state index >= 15 is 0 Å². The minimum absolute atomic E-state index is 0.256. The van der Waals surface area contributed by atoms with Gasteiger partial charge in [-0.05, 0) is 51.4 Å². The molecule has 0 aliphatic heterocycles. The summed E-state index contributed by atoms with van der Waals surface area (Å²) in [5, 5.41) is 13.3. The number of hydrogen-bond donors (Lipinski definition) is 3. The Bertz CT molecular complexity index is 956. The molecule has 0 aromatic heterocycles. The van der Waals surface area contributed by atoms with Crippen LogP contribution in [0.1, 0.15) is 194 Å². The van der Waals surface area contributed by atoms with Gasteiger partial charge in [0.05, 0.1) is 17.9 Å². The summed E-state index contributed by atoms with van der Waals surface area (Å²) in [6.45, 7) is 4.40. The Morgan fingerprint density at radius 3 is 1.45 bits per heavy atom. The quantitative estimate of drug-likeness (QED) is 0.0342. The van der Waals surface area contributed by atoms with Gasteiger partial charge in [0.15, 0.2) is 0 Å². The standard InChI is InChI=1S/C42H77NO5S/c1-3-5-7-9-11-13-15-17-18-19-20-21-22-23-24-26-28-30-32-34-36-38-42(45)43-40(39-49(46,47)48)41(44)37-35-33-31-29-27-25-16-14-12-10-8-6-4-2/h5,7,11,13,17-18,20-21,40-41,44H,3-4,6,8-10,12,14-16,19,22-39H2,1-2H3,(H,43,45)(H,46,47,48)/b7-5-,13-11-,18-17-,21-20-. The second-order valence-electron chi connectivity index (χ2n) is 13.9. The summed E-state index contributed by atoms with van der Waals surface area (Å²) in [5.74, 6) is -0.908. The molecule has 6 nitrogen and oxygen atoms in total. The van der Waals surface area contributed by atoms with Gasteiger partial charge in [-0.15, -0.1) is 0 Å². The SMILES string of the molecule is CC/C=C\C/C=C\C/C=C\C/C=C\CCCCCCCCCCC(=O)NC(CS(=O)(=O)O)C(O)CCCCCCCCCCCCCCC. The van der Waals surface area contributed by atoms with E-state index in [1.165, 1.54) is 89.9 Å².